The van der Waals surface area contributed by atoms with Gasteiger partial charge in [0.2, 0.25) is 5.91 Å². The molecule has 1 unspecified atom stereocenters. The summed E-state index contributed by atoms with van der Waals surface area (Å²) in [5.74, 6) is 0.124. The second-order valence-corrected chi connectivity index (χ2v) is 11.9. The van der Waals surface area contributed by atoms with Crippen molar-refractivity contribution in [2.45, 2.75) is 45.6 Å². The van der Waals surface area contributed by atoms with Crippen LogP contribution in [0.4, 0.5) is 11.4 Å². The predicted octanol–water partition coefficient (Wildman–Crippen LogP) is 4.65. The Morgan fingerprint density at radius 2 is 1.85 bits per heavy atom. The summed E-state index contributed by atoms with van der Waals surface area (Å²) in [6.07, 6.45) is 3.08. The van der Waals surface area contributed by atoms with Crippen molar-refractivity contribution in [1.29, 1.82) is 0 Å². The monoisotopic (exact) mass is 564 g/mol. The molecular formula is C31H40N4O4S. The lowest BCUT2D eigenvalue weighted by molar-refractivity contribution is -0.146. The molecule has 1 saturated heterocycles. The molecule has 2 aliphatic heterocycles. The zero-order valence-electron chi connectivity index (χ0n) is 23.5. The largest absolute Gasteiger partial charge is 0.494 e. The van der Waals surface area contributed by atoms with Crippen LogP contribution < -0.4 is 20.3 Å². The smallest absolute Gasteiger partial charge is 0.324 e. The van der Waals surface area contributed by atoms with Gasteiger partial charge in [-0.15, -0.1) is 11.3 Å². The molecule has 1 fully saturated rings. The molecule has 2 aliphatic rings. The van der Waals surface area contributed by atoms with Gasteiger partial charge < -0.3 is 20.1 Å². The van der Waals surface area contributed by atoms with Crippen molar-refractivity contribution in [3.63, 3.8) is 0 Å². The molecule has 2 N–H and O–H groups in total. The lowest BCUT2D eigenvalue weighted by Gasteiger charge is -2.36. The van der Waals surface area contributed by atoms with E-state index in [1.54, 1.807) is 11.3 Å². The van der Waals surface area contributed by atoms with Crippen LogP contribution in [0.2, 0.25) is 0 Å². The van der Waals surface area contributed by atoms with Crippen molar-refractivity contribution >= 4 is 44.7 Å². The van der Waals surface area contributed by atoms with E-state index in [0.717, 1.165) is 62.6 Å². The summed E-state index contributed by atoms with van der Waals surface area (Å²) >= 11 is 1.80. The fraction of sp³-hybridized carbons (Fsp3) is 0.484. The van der Waals surface area contributed by atoms with Gasteiger partial charge in [-0.2, -0.15) is 0 Å². The normalized spacial score (nSPS) is 16.9. The highest BCUT2D eigenvalue weighted by Gasteiger charge is 2.27. The van der Waals surface area contributed by atoms with Crippen molar-refractivity contribution in [3.05, 3.63) is 53.4 Å². The Morgan fingerprint density at radius 1 is 1.02 bits per heavy atom. The van der Waals surface area contributed by atoms with Crippen LogP contribution in [0.1, 0.15) is 38.7 Å². The van der Waals surface area contributed by atoms with Crippen LogP contribution >= 0.6 is 11.3 Å². The molecule has 0 saturated carbocycles. The van der Waals surface area contributed by atoms with Crippen LogP contribution in [-0.4, -0.2) is 68.9 Å². The average Bonchev–Trinajstić information content (AvgIpc) is 3.45. The van der Waals surface area contributed by atoms with Gasteiger partial charge in [0.15, 0.2) is 6.73 Å². The van der Waals surface area contributed by atoms with Gasteiger partial charge in [0.1, 0.15) is 11.8 Å². The van der Waals surface area contributed by atoms with Gasteiger partial charge in [-0.1, -0.05) is 26.0 Å². The standard InChI is InChI=1S/C31H40N4O4S/c1-22(2)30(32)31(37)39-21-35-27-20-24(10-8-23(27)9-11-29(35)36)38-18-4-3-13-33-14-16-34(17-15-33)26-6-5-7-28-25(26)12-19-40-28/h5-8,10,12,19-20,22,30H,3-4,9,11,13-18,21,32H2,1-2H3. The Bertz CT molecular complexity index is 1320. The highest BCUT2D eigenvalue weighted by atomic mass is 32.1. The molecule has 0 bridgehead atoms. The number of benzene rings is 2. The van der Waals surface area contributed by atoms with Gasteiger partial charge in [-0.3, -0.25) is 19.4 Å². The van der Waals surface area contributed by atoms with Crippen LogP contribution in [0, 0.1) is 5.92 Å². The fourth-order valence-corrected chi connectivity index (χ4v) is 6.15. The Balaban J connectivity index is 1.06. The summed E-state index contributed by atoms with van der Waals surface area (Å²) in [7, 11) is 0. The number of hydrogen-bond acceptors (Lipinski definition) is 8. The molecule has 214 valence electrons. The second kappa shape index (κ2) is 13.0. The Hall–Kier alpha value is -3.14. The van der Waals surface area contributed by atoms with Crippen LogP contribution in [0.25, 0.3) is 10.1 Å². The third-order valence-corrected chi connectivity index (χ3v) is 8.79. The summed E-state index contributed by atoms with van der Waals surface area (Å²) < 4.78 is 12.8. The van der Waals surface area contributed by atoms with Crippen molar-refractivity contribution in [2.24, 2.45) is 11.7 Å². The first-order valence-corrected chi connectivity index (χ1v) is 15.2. The average molecular weight is 565 g/mol. The molecule has 1 atom stereocenters. The number of rotatable bonds is 11. The molecule has 3 heterocycles. The number of fused-ring (bicyclic) bond motifs is 2. The maximum atomic E-state index is 12.6. The minimum Gasteiger partial charge on any atom is -0.494 e. The van der Waals surface area contributed by atoms with Crippen molar-refractivity contribution in [3.8, 4) is 5.75 Å². The summed E-state index contributed by atoms with van der Waals surface area (Å²) in [6.45, 7) is 9.52. The Morgan fingerprint density at radius 3 is 2.65 bits per heavy atom. The zero-order valence-corrected chi connectivity index (χ0v) is 24.3. The summed E-state index contributed by atoms with van der Waals surface area (Å²) in [5, 5.41) is 3.54. The van der Waals surface area contributed by atoms with E-state index < -0.39 is 12.0 Å². The molecule has 2 aromatic carbocycles. The number of esters is 1. The van der Waals surface area contributed by atoms with Gasteiger partial charge in [-0.05, 0) is 66.9 Å². The molecule has 8 nitrogen and oxygen atoms in total. The van der Waals surface area contributed by atoms with E-state index in [2.05, 4.69) is 39.4 Å². The first-order valence-electron chi connectivity index (χ1n) is 14.3. The van der Waals surface area contributed by atoms with E-state index >= 15 is 0 Å². The number of aryl methyl sites for hydroxylation is 1. The van der Waals surface area contributed by atoms with E-state index in [1.807, 2.05) is 32.0 Å². The third-order valence-electron chi connectivity index (χ3n) is 7.91. The van der Waals surface area contributed by atoms with Crippen molar-refractivity contribution < 1.29 is 19.1 Å². The van der Waals surface area contributed by atoms with Gasteiger partial charge in [0.05, 0.1) is 12.3 Å². The van der Waals surface area contributed by atoms with Crippen molar-refractivity contribution in [1.82, 2.24) is 4.90 Å². The van der Waals surface area contributed by atoms with Crippen LogP contribution in [0.15, 0.2) is 47.8 Å². The number of anilines is 2. The highest BCUT2D eigenvalue weighted by molar-refractivity contribution is 7.17. The lowest BCUT2D eigenvalue weighted by Crippen LogP contribution is -2.46. The minimum atomic E-state index is -0.709. The zero-order chi connectivity index (χ0) is 28.1. The maximum absolute atomic E-state index is 12.6. The number of thiophene rings is 1. The molecular weight excluding hydrogens is 524 g/mol. The number of carbonyl (C=O) groups excluding carboxylic acids is 2. The first kappa shape index (κ1) is 28.4. The third kappa shape index (κ3) is 6.59. The lowest BCUT2D eigenvalue weighted by atomic mass is 10.0. The minimum absolute atomic E-state index is 0.0341. The first-order chi connectivity index (χ1) is 19.4. The second-order valence-electron chi connectivity index (χ2n) is 11.0. The maximum Gasteiger partial charge on any atom is 0.324 e. The van der Waals surface area contributed by atoms with Gasteiger partial charge in [0, 0.05) is 54.4 Å². The van der Waals surface area contributed by atoms with E-state index in [9.17, 15) is 9.59 Å². The molecule has 5 rings (SSSR count). The fourth-order valence-electron chi connectivity index (χ4n) is 5.34. The number of nitrogens with two attached hydrogens (primary N) is 1. The number of ether oxygens (including phenoxy) is 2. The van der Waals surface area contributed by atoms with Gasteiger partial charge >= 0.3 is 5.97 Å². The predicted molar refractivity (Wildman–Crippen MR) is 161 cm³/mol. The van der Waals surface area contributed by atoms with Crippen LogP contribution in [-0.2, 0) is 20.7 Å². The topological polar surface area (TPSA) is 88.3 Å². The number of nitrogens with zero attached hydrogens (tertiary/aromatic N) is 3. The summed E-state index contributed by atoms with van der Waals surface area (Å²) in [5.41, 5.74) is 9.05. The van der Waals surface area contributed by atoms with E-state index in [0.29, 0.717) is 19.4 Å². The summed E-state index contributed by atoms with van der Waals surface area (Å²) in [6, 6.07) is 14.0. The molecule has 0 aliphatic carbocycles. The van der Waals surface area contributed by atoms with E-state index in [4.69, 9.17) is 15.2 Å². The Labute approximate surface area is 240 Å². The van der Waals surface area contributed by atoms with Gasteiger partial charge in [0.25, 0.3) is 0 Å². The molecule has 1 aromatic heterocycles. The number of piperazine rings is 1. The molecule has 0 spiro atoms. The Kier molecular flexibility index (Phi) is 9.24. The van der Waals surface area contributed by atoms with E-state index in [-0.39, 0.29) is 18.6 Å². The molecule has 40 heavy (non-hydrogen) atoms. The summed E-state index contributed by atoms with van der Waals surface area (Å²) in [4.78, 5) is 31.4. The number of amides is 1. The quantitative estimate of drug-likeness (QED) is 0.268. The van der Waals surface area contributed by atoms with Crippen molar-refractivity contribution in [2.75, 3.05) is 55.9 Å². The molecule has 9 heteroatoms. The molecule has 1 amide bonds. The number of carbonyl (C=O) groups is 2. The molecule has 3 aromatic rings. The number of hydrogen-bond donors (Lipinski definition) is 1. The SMILES string of the molecule is CC(C)C(N)C(=O)OCN1C(=O)CCc2ccc(OCCCCN3CCN(c4cccc5sccc45)CC3)cc21. The van der Waals surface area contributed by atoms with Crippen LogP contribution in [0.5, 0.6) is 5.75 Å². The van der Waals surface area contributed by atoms with Gasteiger partial charge in [-0.25, -0.2) is 0 Å². The van der Waals surface area contributed by atoms with E-state index in [1.165, 1.54) is 20.7 Å². The van der Waals surface area contributed by atoms with Crippen LogP contribution in [0.3, 0.4) is 0 Å². The highest BCUT2D eigenvalue weighted by Crippen LogP contribution is 2.32. The molecule has 0 radical (unpaired) electrons. The number of unbranched alkanes of at least 4 members (excludes halogenated alkanes) is 1.